The number of hydrogen-bond acceptors (Lipinski definition) is 28. The van der Waals surface area contributed by atoms with Crippen LogP contribution in [0.5, 0.6) is 0 Å². The monoisotopic (exact) mass is 1400 g/mol. The molecule has 0 bridgehead atoms. The van der Waals surface area contributed by atoms with Crippen molar-refractivity contribution in [3.05, 3.63) is 12.2 Å². The van der Waals surface area contributed by atoms with Gasteiger partial charge in [0.15, 0.2) is 8.32 Å². The Morgan fingerprint density at radius 3 is 1.04 bits per heavy atom. The topological polar surface area (TPSA) is 277 Å². The van der Waals surface area contributed by atoms with E-state index in [4.69, 9.17) is 108 Å². The SMILES string of the molecule is C=C(C)C(=O)OCCC[Si](C)(C)O[Si](C)(C)O[Si](O[Si](O[Si])(O[Si])O[Si])(O[Si](O[Si])(O[Si][Si](C)(C)C)O[Si](O)(O[Si])O[Si])O[Si](O[Si](O[Si])(O[Si])O[Si])(O[Si](O[Si])(O[Si])O[Si])O[Si](O[Si])(O[Si])O[Si]. The summed E-state index contributed by atoms with van der Waals surface area (Å²) in [5.41, 5.74) is 0.207. The maximum Gasteiger partial charge on any atom is 0.656 e. The highest BCUT2D eigenvalue weighted by Gasteiger charge is 2.77. The van der Waals surface area contributed by atoms with Crippen LogP contribution in [0.25, 0.3) is 0 Å². The molecule has 0 aliphatic carbocycles. The number of carbonyl (C=O) groups excluding carboxylic acids is 1. The molecule has 0 aliphatic heterocycles. The minimum atomic E-state index is -6.20. The summed E-state index contributed by atoms with van der Waals surface area (Å²) >= 11 is 0. The molecule has 0 saturated carbocycles. The van der Waals surface area contributed by atoms with Gasteiger partial charge < -0.3 is 112 Å². The first-order valence-electron chi connectivity index (χ1n) is 17.3. The van der Waals surface area contributed by atoms with Crippen LogP contribution < -0.4 is 0 Å². The van der Waals surface area contributed by atoms with Crippen LogP contribution in [0, 0.1) is 0 Å². The van der Waals surface area contributed by atoms with Crippen molar-refractivity contribution < 1.29 is 117 Å². The van der Waals surface area contributed by atoms with E-state index in [1.165, 1.54) is 20.0 Å². The third-order valence-corrected chi connectivity index (χ3v) is 49.1. The van der Waals surface area contributed by atoms with Crippen molar-refractivity contribution in [1.29, 1.82) is 0 Å². The Bertz CT molecular complexity index is 1420. The summed E-state index contributed by atoms with van der Waals surface area (Å²) in [6.07, 6.45) is 0.323. The predicted octanol–water partition coefficient (Wildman–Crippen LogP) is -7.00. The average molecular weight is 1410 g/mol. The lowest BCUT2D eigenvalue weighted by Crippen LogP contribution is -2.78. The normalized spacial score (nSPS) is 15.8. The Hall–Kier alpha value is 4.03. The van der Waals surface area contributed by atoms with E-state index < -0.39 is 112 Å². The van der Waals surface area contributed by atoms with Gasteiger partial charge in [-0.05, 0) is 45.6 Å². The number of rotatable bonds is 41. The van der Waals surface area contributed by atoms with Crippen LogP contribution in [0.15, 0.2) is 12.2 Å². The first kappa shape index (κ1) is 73.0. The summed E-state index contributed by atoms with van der Waals surface area (Å²) in [5.74, 6) is -0.585. The van der Waals surface area contributed by atoms with Crippen LogP contribution in [0.1, 0.15) is 13.3 Å². The van der Waals surface area contributed by atoms with Gasteiger partial charge in [-0.1, -0.05) is 26.2 Å². The maximum atomic E-state index is 12.1. The highest BCUT2D eigenvalue weighted by Crippen LogP contribution is 2.38. The molecule has 2 unspecified atom stereocenters. The fraction of sp³-hybridized carbons (Fsp3) is 0.786. The lowest BCUT2D eigenvalue weighted by atomic mass is 10.4. The van der Waals surface area contributed by atoms with Crippen molar-refractivity contribution in [1.82, 2.24) is 0 Å². The second-order valence-corrected chi connectivity index (χ2v) is 59.2. The zero-order valence-corrected chi connectivity index (χ0v) is 63.8. The first-order chi connectivity index (χ1) is 31.8. The third kappa shape index (κ3) is 23.7. The van der Waals surface area contributed by atoms with Gasteiger partial charge in [-0.15, -0.1) is 0 Å². The van der Waals surface area contributed by atoms with Gasteiger partial charge in [-0.3, -0.25) is 0 Å². The number of esters is 1. The van der Waals surface area contributed by atoms with Gasteiger partial charge in [-0.2, -0.15) is 0 Å². The van der Waals surface area contributed by atoms with Crippen molar-refractivity contribution in [3.63, 3.8) is 0 Å². The molecule has 365 valence electrons. The molecule has 0 heterocycles. The van der Waals surface area contributed by atoms with E-state index in [1.54, 1.807) is 0 Å². The maximum absolute atomic E-state index is 12.1. The first-order valence-corrected chi connectivity index (χ1v) is 47.9. The molecule has 69 heavy (non-hydrogen) atoms. The summed E-state index contributed by atoms with van der Waals surface area (Å²) in [7, 11) is -10.4. The molecule has 0 fully saturated rings. The van der Waals surface area contributed by atoms with Gasteiger partial charge in [0.2, 0.25) is 167 Å². The van der Waals surface area contributed by atoms with E-state index in [1.807, 2.05) is 32.7 Å². The van der Waals surface area contributed by atoms with Gasteiger partial charge >= 0.3 is 86.9 Å². The van der Waals surface area contributed by atoms with E-state index in [-0.39, 0.29) is 12.2 Å². The molecule has 0 saturated heterocycles. The molecule has 0 aromatic carbocycles. The second-order valence-electron chi connectivity index (χ2n) is 14.1. The minimum absolute atomic E-state index is 0.00898. The second kappa shape index (κ2) is 32.3. The van der Waals surface area contributed by atoms with Crippen LogP contribution in [-0.4, -0.2) is 281 Å². The van der Waals surface area contributed by atoms with Crippen LogP contribution in [-0.2, 0) is 112 Å². The summed E-state index contributed by atoms with van der Waals surface area (Å²) < 4.78 is 151. The lowest BCUT2D eigenvalue weighted by Gasteiger charge is -2.47. The molecule has 0 spiro atoms. The summed E-state index contributed by atoms with van der Waals surface area (Å²) in [6.45, 7) is 17.4. The largest absolute Gasteiger partial charge is 0.656 e. The smallest absolute Gasteiger partial charge is 0.462 e. The Morgan fingerprint density at radius 2 is 0.754 bits per heavy atom. The van der Waals surface area contributed by atoms with Gasteiger partial charge in [0.05, 0.1) is 14.2 Å². The van der Waals surface area contributed by atoms with Gasteiger partial charge in [0.1, 0.15) is 0 Å². The number of ether oxygens (including phenoxy) is 1. The third-order valence-electron chi connectivity index (χ3n) is 6.52. The molecule has 1 N–H and O–H groups in total. The van der Waals surface area contributed by atoms with Crippen molar-refractivity contribution in [2.45, 2.75) is 65.2 Å². The summed E-state index contributed by atoms with van der Waals surface area (Å²) in [5, 5.41) is 0. The van der Waals surface area contributed by atoms with E-state index in [9.17, 15) is 9.59 Å². The van der Waals surface area contributed by atoms with Crippen molar-refractivity contribution in [2.24, 2.45) is 0 Å². The molecule has 0 aliphatic rings. The summed E-state index contributed by atoms with van der Waals surface area (Å²) in [6, 6.07) is 0.346. The molecule has 28 nitrogen and oxygen atoms in total. The zero-order valence-electron chi connectivity index (χ0n) is 36.8. The van der Waals surface area contributed by atoms with Crippen molar-refractivity contribution >= 4 is 269 Å². The van der Waals surface area contributed by atoms with Gasteiger partial charge in [-0.25, -0.2) is 4.79 Å². The van der Waals surface area contributed by atoms with E-state index in [0.29, 0.717) is 12.5 Å². The molecule has 47 radical (unpaired) electrons. The standard InChI is InChI=1S/C14H33O28Si27/c1-13(2)14(15)17-11-10-12-60(6,7)34-61(8,9)35-68(37-63(20-45,21-46)22-47,41-67(32-57,33-58-59(3,4)5)36-62(16,18-43)19-44)42-69(38-64(23-48,24-49)25-50,39-65(26-51,27-52)28-53)40-66(29-54,30-55)31-56/h16H,1,10-12H2,2-9H3. The average Bonchev–Trinajstić information content (AvgIpc) is 3.30. The van der Waals surface area contributed by atoms with E-state index >= 15 is 0 Å². The van der Waals surface area contributed by atoms with Crippen molar-refractivity contribution in [3.8, 4) is 0 Å². The molecule has 0 aromatic heterocycles. The number of carbonyl (C=O) groups is 1. The Morgan fingerprint density at radius 1 is 0.449 bits per heavy atom. The molecule has 2 atom stereocenters. The molecule has 55 heteroatoms. The van der Waals surface area contributed by atoms with Crippen LogP contribution in [0.4, 0.5) is 0 Å². The zero-order chi connectivity index (χ0) is 53.9. The highest BCUT2D eigenvalue weighted by molar-refractivity contribution is 7.22. The highest BCUT2D eigenvalue weighted by atomic mass is 29.2. The quantitative estimate of drug-likeness (QED) is 0.0258. The fourth-order valence-corrected chi connectivity index (χ4v) is 52.3. The molecule has 0 aromatic rings. The Balaban J connectivity index is 9.42. The Labute approximate surface area is 466 Å². The van der Waals surface area contributed by atoms with Crippen molar-refractivity contribution in [2.75, 3.05) is 6.61 Å². The molecule has 0 amide bonds. The van der Waals surface area contributed by atoms with Gasteiger partial charge in [0, 0.05) is 5.57 Å². The van der Waals surface area contributed by atoms with Crippen LogP contribution in [0.3, 0.4) is 0 Å². The minimum Gasteiger partial charge on any atom is -0.462 e. The van der Waals surface area contributed by atoms with Crippen LogP contribution >= 0.6 is 0 Å². The predicted molar refractivity (Wildman–Crippen MR) is 261 cm³/mol. The van der Waals surface area contributed by atoms with E-state index in [0.717, 1.165) is 0 Å². The lowest BCUT2D eigenvalue weighted by molar-refractivity contribution is -0.139. The van der Waals surface area contributed by atoms with Gasteiger partial charge in [0.25, 0.3) is 0 Å². The number of hydrogen-bond donors (Lipinski definition) is 1. The van der Waals surface area contributed by atoms with E-state index in [2.05, 4.69) is 164 Å². The molecular weight excluding hydrogens is 1370 g/mol. The Kier molecular flexibility index (Phi) is 34.2. The molecular formula is C14H33O28Si27. The van der Waals surface area contributed by atoms with Crippen LogP contribution in [0.2, 0.25) is 51.9 Å². The summed E-state index contributed by atoms with van der Waals surface area (Å²) in [4.78, 5) is 23.6. The fourth-order valence-electron chi connectivity index (χ4n) is 4.05. The molecule has 0 rings (SSSR count).